The van der Waals surface area contributed by atoms with Crippen LogP contribution in [-0.4, -0.2) is 23.3 Å². The first-order valence-electron chi connectivity index (χ1n) is 4.08. The smallest absolute Gasteiger partial charge is 0.212 e. The van der Waals surface area contributed by atoms with Crippen molar-refractivity contribution in [1.29, 1.82) is 0 Å². The Kier molecular flexibility index (Phi) is 3.22. The number of rotatable bonds is 3. The van der Waals surface area contributed by atoms with Crippen LogP contribution >= 0.6 is 0 Å². The normalized spacial score (nSPS) is 15.1. The Morgan fingerprint density at radius 2 is 2.23 bits per heavy atom. The van der Waals surface area contributed by atoms with Gasteiger partial charge < -0.3 is 15.6 Å². The first-order chi connectivity index (χ1) is 6.15. The third kappa shape index (κ3) is 2.40. The molecule has 3 N–H and O–H groups in total. The van der Waals surface area contributed by atoms with Crippen LogP contribution in [0.4, 0.5) is 0 Å². The van der Waals surface area contributed by atoms with E-state index in [9.17, 15) is 5.11 Å². The zero-order chi connectivity index (χ0) is 9.84. The fraction of sp³-hybridized carbons (Fsp3) is 0.444. The van der Waals surface area contributed by atoms with E-state index in [-0.39, 0.29) is 0 Å². The van der Waals surface area contributed by atoms with E-state index in [1.54, 1.807) is 32.4 Å². The van der Waals surface area contributed by atoms with Gasteiger partial charge in [0.15, 0.2) is 0 Å². The molecule has 1 rings (SSSR count). The van der Waals surface area contributed by atoms with Gasteiger partial charge in [0.25, 0.3) is 0 Å². The van der Waals surface area contributed by atoms with Crippen LogP contribution in [0.3, 0.4) is 0 Å². The lowest BCUT2D eigenvalue weighted by Crippen LogP contribution is -2.23. The highest BCUT2D eigenvalue weighted by atomic mass is 16.5. The van der Waals surface area contributed by atoms with Crippen LogP contribution < -0.4 is 10.5 Å². The highest BCUT2D eigenvalue weighted by Gasteiger charge is 2.11. The van der Waals surface area contributed by atoms with E-state index in [0.717, 1.165) is 5.56 Å². The summed E-state index contributed by atoms with van der Waals surface area (Å²) in [7, 11) is 1.55. The number of aromatic nitrogens is 1. The lowest BCUT2D eigenvalue weighted by molar-refractivity contribution is 0.164. The van der Waals surface area contributed by atoms with Crippen LogP contribution in [0.15, 0.2) is 18.3 Å². The quantitative estimate of drug-likeness (QED) is 0.713. The molecule has 4 nitrogen and oxygen atoms in total. The molecule has 0 saturated heterocycles. The number of hydrogen-bond donors (Lipinski definition) is 2. The number of methoxy groups -OCH3 is 1. The average Bonchev–Trinajstić information content (AvgIpc) is 2.17. The number of nitrogens with zero attached hydrogens (tertiary/aromatic N) is 1. The van der Waals surface area contributed by atoms with Crippen molar-refractivity contribution in [2.75, 3.05) is 7.11 Å². The second-order valence-corrected chi connectivity index (χ2v) is 2.90. The van der Waals surface area contributed by atoms with Crippen molar-refractivity contribution in [2.45, 2.75) is 19.1 Å². The molecular weight excluding hydrogens is 168 g/mol. The third-order valence-corrected chi connectivity index (χ3v) is 1.87. The van der Waals surface area contributed by atoms with Crippen LogP contribution in [0.5, 0.6) is 5.88 Å². The molecule has 0 aromatic carbocycles. The van der Waals surface area contributed by atoms with E-state index in [1.807, 2.05) is 0 Å². The SMILES string of the molecule is COc1ccc([C@H](N)C(C)O)cn1. The Morgan fingerprint density at radius 1 is 1.54 bits per heavy atom. The largest absolute Gasteiger partial charge is 0.481 e. The highest BCUT2D eigenvalue weighted by molar-refractivity contribution is 5.21. The maximum atomic E-state index is 9.22. The zero-order valence-electron chi connectivity index (χ0n) is 7.77. The van der Waals surface area contributed by atoms with Crippen molar-refractivity contribution >= 4 is 0 Å². The van der Waals surface area contributed by atoms with Crippen LogP contribution in [0.25, 0.3) is 0 Å². The Morgan fingerprint density at radius 3 is 2.62 bits per heavy atom. The molecule has 0 amide bonds. The fourth-order valence-corrected chi connectivity index (χ4v) is 0.988. The molecule has 0 aliphatic rings. The standard InChI is InChI=1S/C9H14N2O2/c1-6(12)9(10)7-3-4-8(13-2)11-5-7/h3-6,9,12H,10H2,1-2H3/t6?,9-/m1/s1. The average molecular weight is 182 g/mol. The van der Waals surface area contributed by atoms with Gasteiger partial charge in [-0.1, -0.05) is 6.07 Å². The van der Waals surface area contributed by atoms with Crippen LogP contribution in [-0.2, 0) is 0 Å². The minimum absolute atomic E-state index is 0.390. The van der Waals surface area contributed by atoms with Crippen molar-refractivity contribution in [3.63, 3.8) is 0 Å². The first-order valence-corrected chi connectivity index (χ1v) is 4.08. The van der Waals surface area contributed by atoms with Crippen LogP contribution in [0.1, 0.15) is 18.5 Å². The lowest BCUT2D eigenvalue weighted by Gasteiger charge is -2.14. The summed E-state index contributed by atoms with van der Waals surface area (Å²) < 4.78 is 4.89. The van der Waals surface area contributed by atoms with E-state index in [2.05, 4.69) is 4.98 Å². The number of ether oxygens (including phenoxy) is 1. The van der Waals surface area contributed by atoms with E-state index < -0.39 is 12.1 Å². The van der Waals surface area contributed by atoms with E-state index in [4.69, 9.17) is 10.5 Å². The van der Waals surface area contributed by atoms with Gasteiger partial charge in [-0.2, -0.15) is 0 Å². The Labute approximate surface area is 77.4 Å². The van der Waals surface area contributed by atoms with Crippen molar-refractivity contribution in [3.8, 4) is 5.88 Å². The van der Waals surface area contributed by atoms with Gasteiger partial charge in [0.05, 0.1) is 19.3 Å². The molecule has 0 radical (unpaired) electrons. The van der Waals surface area contributed by atoms with Gasteiger partial charge in [-0.05, 0) is 12.5 Å². The molecule has 13 heavy (non-hydrogen) atoms. The number of aliphatic hydroxyl groups excluding tert-OH is 1. The summed E-state index contributed by atoms with van der Waals surface area (Å²) in [4.78, 5) is 3.99. The van der Waals surface area contributed by atoms with Gasteiger partial charge in [-0.25, -0.2) is 4.98 Å². The summed E-state index contributed by atoms with van der Waals surface area (Å²) in [5, 5.41) is 9.22. The number of aliphatic hydroxyl groups is 1. The third-order valence-electron chi connectivity index (χ3n) is 1.87. The summed E-state index contributed by atoms with van der Waals surface area (Å²) in [6.07, 6.45) is 1.03. The maximum absolute atomic E-state index is 9.22. The van der Waals surface area contributed by atoms with Crippen molar-refractivity contribution in [3.05, 3.63) is 23.9 Å². The van der Waals surface area contributed by atoms with E-state index in [1.165, 1.54) is 0 Å². The van der Waals surface area contributed by atoms with Gasteiger partial charge in [0.1, 0.15) is 0 Å². The molecule has 2 atom stereocenters. The molecule has 0 aliphatic heterocycles. The summed E-state index contributed by atoms with van der Waals surface area (Å²) in [5.74, 6) is 0.543. The zero-order valence-corrected chi connectivity index (χ0v) is 7.77. The summed E-state index contributed by atoms with van der Waals surface area (Å²) in [6.45, 7) is 1.65. The van der Waals surface area contributed by atoms with Gasteiger partial charge in [-0.3, -0.25) is 0 Å². The predicted octanol–water partition coefficient (Wildman–Crippen LogP) is 0.471. The van der Waals surface area contributed by atoms with E-state index >= 15 is 0 Å². The molecule has 1 aromatic rings. The molecule has 1 unspecified atom stereocenters. The Bertz CT molecular complexity index is 259. The van der Waals surface area contributed by atoms with Gasteiger partial charge in [0.2, 0.25) is 5.88 Å². The second-order valence-electron chi connectivity index (χ2n) is 2.90. The Hall–Kier alpha value is -1.13. The van der Waals surface area contributed by atoms with Crippen LogP contribution in [0, 0.1) is 0 Å². The molecule has 4 heteroatoms. The highest BCUT2D eigenvalue weighted by Crippen LogP contribution is 2.15. The van der Waals surface area contributed by atoms with Gasteiger partial charge in [-0.15, -0.1) is 0 Å². The molecule has 0 saturated carbocycles. The monoisotopic (exact) mass is 182 g/mol. The molecule has 0 fully saturated rings. The fourth-order valence-electron chi connectivity index (χ4n) is 0.988. The Balaban J connectivity index is 2.79. The minimum atomic E-state index is -0.574. The van der Waals surface area contributed by atoms with E-state index in [0.29, 0.717) is 5.88 Å². The molecule has 0 spiro atoms. The summed E-state index contributed by atoms with van der Waals surface area (Å²) in [6, 6.07) is 3.12. The molecule has 72 valence electrons. The topological polar surface area (TPSA) is 68.4 Å². The summed E-state index contributed by atoms with van der Waals surface area (Å²) >= 11 is 0. The number of nitrogens with two attached hydrogens (primary N) is 1. The molecular formula is C9H14N2O2. The molecule has 0 bridgehead atoms. The second kappa shape index (κ2) is 4.20. The lowest BCUT2D eigenvalue weighted by atomic mass is 10.1. The summed E-state index contributed by atoms with van der Waals surface area (Å²) in [5.41, 5.74) is 6.50. The van der Waals surface area contributed by atoms with Crippen LogP contribution in [0.2, 0.25) is 0 Å². The van der Waals surface area contributed by atoms with Crippen molar-refractivity contribution in [1.82, 2.24) is 4.98 Å². The van der Waals surface area contributed by atoms with Gasteiger partial charge >= 0.3 is 0 Å². The van der Waals surface area contributed by atoms with Crippen molar-refractivity contribution < 1.29 is 9.84 Å². The van der Waals surface area contributed by atoms with Crippen molar-refractivity contribution in [2.24, 2.45) is 5.73 Å². The molecule has 1 aromatic heterocycles. The predicted molar refractivity (Wildman–Crippen MR) is 49.4 cm³/mol. The van der Waals surface area contributed by atoms with Gasteiger partial charge in [0, 0.05) is 12.3 Å². The maximum Gasteiger partial charge on any atom is 0.212 e. The molecule has 1 heterocycles. The molecule has 0 aliphatic carbocycles. The first kappa shape index (κ1) is 9.95. The number of pyridine rings is 1. The minimum Gasteiger partial charge on any atom is -0.481 e. The number of hydrogen-bond acceptors (Lipinski definition) is 4.